The summed E-state index contributed by atoms with van der Waals surface area (Å²) in [5.41, 5.74) is 8.65. The van der Waals surface area contributed by atoms with E-state index in [0.29, 0.717) is 11.4 Å². The maximum absolute atomic E-state index is 8.66. The quantitative estimate of drug-likeness (QED) is 0.388. The number of benzene rings is 1. The highest BCUT2D eigenvalue weighted by molar-refractivity contribution is 5.95. The summed E-state index contributed by atoms with van der Waals surface area (Å²) in [5.74, 6) is 1.37. The van der Waals surface area contributed by atoms with Crippen molar-refractivity contribution in [1.82, 2.24) is 4.98 Å². The van der Waals surface area contributed by atoms with Crippen LogP contribution < -0.4 is 10.5 Å². The fourth-order valence-electron chi connectivity index (χ4n) is 2.41. The van der Waals surface area contributed by atoms with Gasteiger partial charge in [0.15, 0.2) is 5.84 Å². The third-order valence-corrected chi connectivity index (χ3v) is 3.41. The van der Waals surface area contributed by atoms with Crippen molar-refractivity contribution in [3.63, 3.8) is 0 Å². The number of rotatable bonds is 3. The third kappa shape index (κ3) is 2.42. The van der Waals surface area contributed by atoms with Gasteiger partial charge in [-0.2, -0.15) is 0 Å². The van der Waals surface area contributed by atoms with Gasteiger partial charge in [0.05, 0.1) is 0 Å². The number of hydrogen-bond acceptors (Lipinski definition) is 4. The Morgan fingerprint density at radius 2 is 1.95 bits per heavy atom. The number of aromatic nitrogens is 1. The van der Waals surface area contributed by atoms with E-state index in [1.807, 2.05) is 6.07 Å². The van der Waals surface area contributed by atoms with Crippen LogP contribution in [0.25, 0.3) is 0 Å². The fourth-order valence-corrected chi connectivity index (χ4v) is 2.41. The summed E-state index contributed by atoms with van der Waals surface area (Å²) in [6, 6.07) is 9.53. The van der Waals surface area contributed by atoms with E-state index in [2.05, 4.69) is 22.3 Å². The normalized spacial score (nSPS) is 14.1. The minimum atomic E-state index is -0.0376. The van der Waals surface area contributed by atoms with E-state index in [9.17, 15) is 0 Å². The number of hydrogen-bond donors (Lipinski definition) is 2. The van der Waals surface area contributed by atoms with Crippen LogP contribution in [0, 0.1) is 0 Å². The van der Waals surface area contributed by atoms with Crippen LogP contribution in [0.3, 0.4) is 0 Å². The van der Waals surface area contributed by atoms with Crippen molar-refractivity contribution in [2.24, 2.45) is 10.9 Å². The molecule has 2 aromatic rings. The Labute approximate surface area is 116 Å². The fraction of sp³-hybridized carbons (Fsp3) is 0.200. The molecule has 102 valence electrons. The Morgan fingerprint density at radius 1 is 1.15 bits per heavy atom. The predicted molar refractivity (Wildman–Crippen MR) is 75.3 cm³/mol. The van der Waals surface area contributed by atoms with Gasteiger partial charge >= 0.3 is 0 Å². The maximum Gasteiger partial charge on any atom is 0.188 e. The average Bonchev–Trinajstić information content (AvgIpc) is 2.94. The zero-order valence-corrected chi connectivity index (χ0v) is 10.9. The molecule has 3 N–H and O–H groups in total. The molecule has 0 unspecified atom stereocenters. The van der Waals surface area contributed by atoms with E-state index >= 15 is 0 Å². The zero-order valence-electron chi connectivity index (χ0n) is 10.9. The van der Waals surface area contributed by atoms with Crippen LogP contribution in [0.4, 0.5) is 0 Å². The van der Waals surface area contributed by atoms with E-state index < -0.39 is 0 Å². The molecule has 0 bridgehead atoms. The van der Waals surface area contributed by atoms with Crippen molar-refractivity contribution < 1.29 is 9.94 Å². The van der Waals surface area contributed by atoms with Crippen LogP contribution in [0.2, 0.25) is 0 Å². The SMILES string of the molecule is NC(=NO)c1cc(Oc2ccc3c(c2)CCC3)ccn1. The zero-order chi connectivity index (χ0) is 13.9. The molecule has 0 radical (unpaired) electrons. The molecule has 5 nitrogen and oxygen atoms in total. The lowest BCUT2D eigenvalue weighted by Gasteiger charge is -2.08. The van der Waals surface area contributed by atoms with E-state index in [1.165, 1.54) is 17.5 Å². The molecular weight excluding hydrogens is 254 g/mol. The Bertz CT molecular complexity index is 668. The number of nitrogens with zero attached hydrogens (tertiary/aromatic N) is 2. The van der Waals surface area contributed by atoms with Gasteiger partial charge in [0.1, 0.15) is 17.2 Å². The maximum atomic E-state index is 8.66. The Kier molecular flexibility index (Phi) is 3.25. The molecule has 0 spiro atoms. The van der Waals surface area contributed by atoms with E-state index in [0.717, 1.165) is 18.6 Å². The van der Waals surface area contributed by atoms with Crippen molar-refractivity contribution in [1.29, 1.82) is 0 Å². The van der Waals surface area contributed by atoms with Gasteiger partial charge < -0.3 is 15.7 Å². The summed E-state index contributed by atoms with van der Waals surface area (Å²) in [7, 11) is 0. The average molecular weight is 269 g/mol. The van der Waals surface area contributed by atoms with Gasteiger partial charge in [-0.25, -0.2) is 0 Å². The summed E-state index contributed by atoms with van der Waals surface area (Å²) in [6.07, 6.45) is 5.04. The minimum absolute atomic E-state index is 0.0376. The van der Waals surface area contributed by atoms with Gasteiger partial charge in [-0.1, -0.05) is 11.2 Å². The smallest absolute Gasteiger partial charge is 0.188 e. The van der Waals surface area contributed by atoms with Gasteiger partial charge in [0.2, 0.25) is 0 Å². The molecule has 1 heterocycles. The molecule has 1 aliphatic carbocycles. The molecule has 3 rings (SSSR count). The number of oxime groups is 1. The molecule has 1 aliphatic rings. The van der Waals surface area contributed by atoms with Gasteiger partial charge in [0, 0.05) is 12.3 Å². The number of fused-ring (bicyclic) bond motifs is 1. The summed E-state index contributed by atoms with van der Waals surface area (Å²) in [6.45, 7) is 0. The molecule has 0 saturated heterocycles. The van der Waals surface area contributed by atoms with Crippen molar-refractivity contribution in [2.75, 3.05) is 0 Å². The first kappa shape index (κ1) is 12.5. The number of aryl methyl sites for hydroxylation is 2. The summed E-state index contributed by atoms with van der Waals surface area (Å²) in [5, 5.41) is 11.6. The van der Waals surface area contributed by atoms with Crippen LogP contribution in [0.5, 0.6) is 11.5 Å². The van der Waals surface area contributed by atoms with Gasteiger partial charge in [-0.05, 0) is 48.6 Å². The molecule has 20 heavy (non-hydrogen) atoms. The van der Waals surface area contributed by atoms with Gasteiger partial charge in [0.25, 0.3) is 0 Å². The molecule has 0 amide bonds. The number of ether oxygens (including phenoxy) is 1. The Morgan fingerprint density at radius 3 is 2.80 bits per heavy atom. The van der Waals surface area contributed by atoms with E-state index in [1.54, 1.807) is 18.3 Å². The molecule has 1 aromatic heterocycles. The summed E-state index contributed by atoms with van der Waals surface area (Å²) < 4.78 is 5.81. The molecule has 0 atom stereocenters. The number of nitrogens with two attached hydrogens (primary N) is 1. The molecule has 0 saturated carbocycles. The van der Waals surface area contributed by atoms with Crippen LogP contribution in [-0.4, -0.2) is 16.0 Å². The van der Waals surface area contributed by atoms with Crippen molar-refractivity contribution in [2.45, 2.75) is 19.3 Å². The lowest BCUT2D eigenvalue weighted by atomic mass is 10.1. The van der Waals surface area contributed by atoms with Crippen LogP contribution in [0.1, 0.15) is 23.2 Å². The van der Waals surface area contributed by atoms with Gasteiger partial charge in [-0.3, -0.25) is 4.98 Å². The van der Waals surface area contributed by atoms with E-state index in [4.69, 9.17) is 15.7 Å². The van der Waals surface area contributed by atoms with Crippen LogP contribution >= 0.6 is 0 Å². The Balaban J connectivity index is 1.84. The van der Waals surface area contributed by atoms with Crippen molar-refractivity contribution in [3.05, 3.63) is 53.3 Å². The number of pyridine rings is 1. The van der Waals surface area contributed by atoms with Crippen molar-refractivity contribution >= 4 is 5.84 Å². The lowest BCUT2D eigenvalue weighted by Crippen LogP contribution is -2.14. The second-order valence-corrected chi connectivity index (χ2v) is 4.75. The monoisotopic (exact) mass is 269 g/mol. The van der Waals surface area contributed by atoms with Crippen LogP contribution in [0.15, 0.2) is 41.7 Å². The van der Waals surface area contributed by atoms with E-state index in [-0.39, 0.29) is 5.84 Å². The first-order valence-corrected chi connectivity index (χ1v) is 6.50. The predicted octanol–water partition coefficient (Wildman–Crippen LogP) is 2.46. The first-order chi connectivity index (χ1) is 9.76. The second-order valence-electron chi connectivity index (χ2n) is 4.75. The van der Waals surface area contributed by atoms with Gasteiger partial charge in [-0.15, -0.1) is 0 Å². The molecule has 1 aromatic carbocycles. The highest BCUT2D eigenvalue weighted by atomic mass is 16.5. The summed E-state index contributed by atoms with van der Waals surface area (Å²) in [4.78, 5) is 4.01. The standard InChI is InChI=1S/C15H15N3O2/c16-15(18-19)14-9-13(6-7-17-14)20-12-5-4-10-2-1-3-11(10)8-12/h4-9,19H,1-3H2,(H2,16,18). The molecule has 0 aliphatic heterocycles. The molecule has 5 heteroatoms. The Hall–Kier alpha value is -2.56. The molecular formula is C15H15N3O2. The topological polar surface area (TPSA) is 80.7 Å². The summed E-state index contributed by atoms with van der Waals surface area (Å²) >= 11 is 0. The van der Waals surface area contributed by atoms with Crippen molar-refractivity contribution in [3.8, 4) is 11.5 Å². The number of amidine groups is 1. The second kappa shape index (κ2) is 5.21. The van der Waals surface area contributed by atoms with Crippen LogP contribution in [-0.2, 0) is 12.8 Å². The lowest BCUT2D eigenvalue weighted by molar-refractivity contribution is 0.318. The highest BCUT2D eigenvalue weighted by Crippen LogP contribution is 2.28. The third-order valence-electron chi connectivity index (χ3n) is 3.41. The molecule has 0 fully saturated rings. The first-order valence-electron chi connectivity index (χ1n) is 6.50. The minimum Gasteiger partial charge on any atom is -0.457 e. The largest absolute Gasteiger partial charge is 0.457 e. The highest BCUT2D eigenvalue weighted by Gasteiger charge is 2.12.